The van der Waals surface area contributed by atoms with Crippen molar-refractivity contribution in [2.75, 3.05) is 39.8 Å². The van der Waals surface area contributed by atoms with Gasteiger partial charge in [0.05, 0.1) is 0 Å². The minimum absolute atomic E-state index is 0.296. The molecule has 6 heteroatoms. The molecule has 2 rings (SSSR count). The van der Waals surface area contributed by atoms with Gasteiger partial charge in [0.25, 0.3) is 5.56 Å². The summed E-state index contributed by atoms with van der Waals surface area (Å²) in [4.78, 5) is 29.8. The fourth-order valence-corrected chi connectivity index (χ4v) is 2.11. The topological polar surface area (TPSA) is 61.3 Å². The lowest BCUT2D eigenvalue weighted by Crippen LogP contribution is -2.46. The minimum Gasteiger partial charge on any atom is -0.304 e. The maximum Gasteiger partial charge on any atom is 0.328 e. The first kappa shape index (κ1) is 13.0. The number of aryl methyl sites for hydroxylation is 1. The Morgan fingerprint density at radius 1 is 1.17 bits per heavy atom. The number of hydrogen-bond donors (Lipinski definition) is 1. The number of likely N-dealkylation sites (N-methyl/N-ethyl adjacent to an activating group) is 1. The van der Waals surface area contributed by atoms with Crippen LogP contribution in [0.15, 0.2) is 15.8 Å². The Kier molecular flexibility index (Phi) is 3.98. The molecule has 1 N–H and O–H groups in total. The fourth-order valence-electron chi connectivity index (χ4n) is 2.11. The van der Waals surface area contributed by atoms with Crippen LogP contribution < -0.4 is 11.2 Å². The molecule has 0 aliphatic carbocycles. The van der Waals surface area contributed by atoms with Gasteiger partial charge in [-0.05, 0) is 14.0 Å². The van der Waals surface area contributed by atoms with Crippen molar-refractivity contribution < 1.29 is 0 Å². The molecular weight excluding hydrogens is 232 g/mol. The van der Waals surface area contributed by atoms with Gasteiger partial charge in [0, 0.05) is 51.0 Å². The lowest BCUT2D eigenvalue weighted by atomic mass is 10.3. The van der Waals surface area contributed by atoms with Gasteiger partial charge in [-0.15, -0.1) is 0 Å². The SMILES string of the molecule is Cc1cn(CCN2CCN(C)CC2)c(=O)[nH]c1=O. The lowest BCUT2D eigenvalue weighted by molar-refractivity contribution is 0.149. The Morgan fingerprint density at radius 2 is 1.83 bits per heavy atom. The quantitative estimate of drug-likeness (QED) is 0.757. The third-order valence-electron chi connectivity index (χ3n) is 3.44. The Labute approximate surface area is 106 Å². The summed E-state index contributed by atoms with van der Waals surface area (Å²) in [6.07, 6.45) is 1.64. The molecule has 1 fully saturated rings. The maximum atomic E-state index is 11.6. The van der Waals surface area contributed by atoms with E-state index in [2.05, 4.69) is 21.8 Å². The highest BCUT2D eigenvalue weighted by molar-refractivity contribution is 5.00. The van der Waals surface area contributed by atoms with Crippen molar-refractivity contribution in [3.05, 3.63) is 32.6 Å². The van der Waals surface area contributed by atoms with Gasteiger partial charge in [0.2, 0.25) is 0 Å². The number of nitrogens with one attached hydrogen (secondary N) is 1. The summed E-state index contributed by atoms with van der Waals surface area (Å²) in [5.41, 5.74) is -0.0384. The van der Waals surface area contributed by atoms with Crippen LogP contribution >= 0.6 is 0 Å². The summed E-state index contributed by atoms with van der Waals surface area (Å²) in [5.74, 6) is 0. The number of piperazine rings is 1. The molecule has 1 aromatic rings. The number of aromatic amines is 1. The molecule has 1 aliphatic rings. The Bertz CT molecular complexity index is 512. The number of aromatic nitrogens is 2. The maximum absolute atomic E-state index is 11.6. The first-order valence-electron chi connectivity index (χ1n) is 6.27. The molecule has 0 spiro atoms. The average Bonchev–Trinajstić information content (AvgIpc) is 2.34. The minimum atomic E-state index is -0.320. The number of rotatable bonds is 3. The fraction of sp³-hybridized carbons (Fsp3) is 0.667. The second-order valence-electron chi connectivity index (χ2n) is 4.91. The highest BCUT2D eigenvalue weighted by atomic mass is 16.2. The van der Waals surface area contributed by atoms with Crippen molar-refractivity contribution in [3.8, 4) is 0 Å². The van der Waals surface area contributed by atoms with Crippen LogP contribution in [0.4, 0.5) is 0 Å². The zero-order valence-corrected chi connectivity index (χ0v) is 11.0. The number of nitrogens with zero attached hydrogens (tertiary/aromatic N) is 3. The molecule has 0 saturated carbocycles. The van der Waals surface area contributed by atoms with Crippen LogP contribution in [0.1, 0.15) is 5.56 Å². The molecule has 6 nitrogen and oxygen atoms in total. The van der Waals surface area contributed by atoms with Gasteiger partial charge in [-0.2, -0.15) is 0 Å². The van der Waals surface area contributed by atoms with Crippen LogP contribution in [0.2, 0.25) is 0 Å². The van der Waals surface area contributed by atoms with E-state index < -0.39 is 0 Å². The van der Waals surface area contributed by atoms with Gasteiger partial charge in [-0.1, -0.05) is 0 Å². The van der Waals surface area contributed by atoms with Crippen LogP contribution in [0.5, 0.6) is 0 Å². The van der Waals surface area contributed by atoms with Crippen molar-refractivity contribution in [3.63, 3.8) is 0 Å². The summed E-state index contributed by atoms with van der Waals surface area (Å²) in [6, 6.07) is 0. The molecule has 100 valence electrons. The van der Waals surface area contributed by atoms with E-state index in [4.69, 9.17) is 0 Å². The smallest absolute Gasteiger partial charge is 0.304 e. The summed E-state index contributed by atoms with van der Waals surface area (Å²) < 4.78 is 1.58. The second-order valence-corrected chi connectivity index (χ2v) is 4.91. The van der Waals surface area contributed by atoms with E-state index in [1.807, 2.05) is 0 Å². The van der Waals surface area contributed by atoms with Gasteiger partial charge >= 0.3 is 5.69 Å². The zero-order chi connectivity index (χ0) is 13.1. The van der Waals surface area contributed by atoms with Crippen molar-refractivity contribution >= 4 is 0 Å². The van der Waals surface area contributed by atoms with Crippen molar-refractivity contribution in [1.29, 1.82) is 0 Å². The van der Waals surface area contributed by atoms with Crippen molar-refractivity contribution in [1.82, 2.24) is 19.4 Å². The molecule has 0 atom stereocenters. The van der Waals surface area contributed by atoms with Crippen molar-refractivity contribution in [2.45, 2.75) is 13.5 Å². The highest BCUT2D eigenvalue weighted by Crippen LogP contribution is 1.99. The van der Waals surface area contributed by atoms with E-state index in [0.29, 0.717) is 12.1 Å². The monoisotopic (exact) mass is 252 g/mol. The van der Waals surface area contributed by atoms with Crippen molar-refractivity contribution in [2.24, 2.45) is 0 Å². The normalized spacial score (nSPS) is 18.1. The van der Waals surface area contributed by atoms with E-state index in [0.717, 1.165) is 32.7 Å². The van der Waals surface area contributed by atoms with Crippen LogP contribution in [-0.2, 0) is 6.54 Å². The van der Waals surface area contributed by atoms with Gasteiger partial charge < -0.3 is 4.90 Å². The van der Waals surface area contributed by atoms with E-state index in [-0.39, 0.29) is 11.2 Å². The van der Waals surface area contributed by atoms with Crippen LogP contribution in [0.3, 0.4) is 0 Å². The highest BCUT2D eigenvalue weighted by Gasteiger charge is 2.13. The first-order chi connectivity index (χ1) is 8.56. The van der Waals surface area contributed by atoms with E-state index >= 15 is 0 Å². The molecule has 0 unspecified atom stereocenters. The summed E-state index contributed by atoms with van der Waals surface area (Å²) in [6.45, 7) is 7.39. The predicted molar refractivity (Wildman–Crippen MR) is 70.0 cm³/mol. The first-order valence-corrected chi connectivity index (χ1v) is 6.27. The van der Waals surface area contributed by atoms with Gasteiger partial charge in [-0.25, -0.2) is 4.79 Å². The van der Waals surface area contributed by atoms with E-state index in [9.17, 15) is 9.59 Å². The summed E-state index contributed by atoms with van der Waals surface area (Å²) in [5, 5.41) is 0. The Balaban J connectivity index is 1.96. The largest absolute Gasteiger partial charge is 0.328 e. The van der Waals surface area contributed by atoms with Crippen LogP contribution in [0, 0.1) is 6.92 Å². The van der Waals surface area contributed by atoms with E-state index in [1.165, 1.54) is 0 Å². The van der Waals surface area contributed by atoms with Gasteiger partial charge in [0.1, 0.15) is 0 Å². The molecule has 1 aromatic heterocycles. The van der Waals surface area contributed by atoms with Gasteiger partial charge in [-0.3, -0.25) is 19.2 Å². The summed E-state index contributed by atoms with van der Waals surface area (Å²) in [7, 11) is 2.12. The molecule has 18 heavy (non-hydrogen) atoms. The number of hydrogen-bond acceptors (Lipinski definition) is 4. The molecular formula is C12H20N4O2. The number of H-pyrrole nitrogens is 1. The molecule has 2 heterocycles. The van der Waals surface area contributed by atoms with E-state index in [1.54, 1.807) is 17.7 Å². The van der Waals surface area contributed by atoms with Gasteiger partial charge in [0.15, 0.2) is 0 Å². The molecule has 1 saturated heterocycles. The third-order valence-corrected chi connectivity index (χ3v) is 3.44. The standard InChI is InChI=1S/C12H20N4O2/c1-10-9-16(12(18)13-11(10)17)8-7-15-5-3-14(2)4-6-15/h9H,3-8H2,1-2H3,(H,13,17,18). The average molecular weight is 252 g/mol. The summed E-state index contributed by atoms with van der Waals surface area (Å²) >= 11 is 0. The Hall–Kier alpha value is -1.40. The molecule has 0 aromatic carbocycles. The zero-order valence-electron chi connectivity index (χ0n) is 11.0. The molecule has 0 amide bonds. The van der Waals surface area contributed by atoms with Crippen LogP contribution in [-0.4, -0.2) is 59.1 Å². The molecule has 1 aliphatic heterocycles. The Morgan fingerprint density at radius 3 is 2.50 bits per heavy atom. The van der Waals surface area contributed by atoms with Crippen LogP contribution in [0.25, 0.3) is 0 Å². The second kappa shape index (κ2) is 5.49. The third kappa shape index (κ3) is 3.08. The predicted octanol–water partition coefficient (Wildman–Crippen LogP) is -0.908. The molecule has 0 radical (unpaired) electrons. The molecule has 0 bridgehead atoms. The lowest BCUT2D eigenvalue weighted by Gasteiger charge is -2.32.